The van der Waals surface area contributed by atoms with E-state index in [1.807, 2.05) is 0 Å². The van der Waals surface area contributed by atoms with Crippen molar-refractivity contribution in [1.29, 1.82) is 0 Å². The molecule has 2 N–H and O–H groups in total. The maximum atomic E-state index is 9.65. The lowest BCUT2D eigenvalue weighted by Crippen LogP contribution is -2.56. The molecule has 0 aromatic rings. The van der Waals surface area contributed by atoms with Gasteiger partial charge in [-0.25, -0.2) is 0 Å². The highest BCUT2D eigenvalue weighted by molar-refractivity contribution is 4.88. The largest absolute Gasteiger partial charge is 0.396 e. The summed E-state index contributed by atoms with van der Waals surface area (Å²) in [6.07, 6.45) is 1.84. The molecule has 4 nitrogen and oxygen atoms in total. The van der Waals surface area contributed by atoms with Crippen LogP contribution < -0.4 is 0 Å². The number of ether oxygens (including phenoxy) is 1. The summed E-state index contributed by atoms with van der Waals surface area (Å²) in [6.45, 7) is 11.1. The molecule has 0 radical (unpaired) electrons. The molecule has 1 atom stereocenters. The van der Waals surface area contributed by atoms with Crippen LogP contribution >= 0.6 is 0 Å². The van der Waals surface area contributed by atoms with Crippen molar-refractivity contribution in [3.05, 3.63) is 0 Å². The number of hydrogen-bond donors (Lipinski definition) is 2. The van der Waals surface area contributed by atoms with Crippen molar-refractivity contribution in [3.8, 4) is 0 Å². The number of aliphatic hydroxyl groups is 2. The van der Waals surface area contributed by atoms with Crippen LogP contribution in [0.5, 0.6) is 0 Å². The normalized spacial score (nSPS) is 25.3. The minimum absolute atomic E-state index is 0.0204. The van der Waals surface area contributed by atoms with Gasteiger partial charge in [0.25, 0.3) is 0 Å². The molecular formula is C14H29NO3. The first-order valence-electron chi connectivity index (χ1n) is 7.02. The van der Waals surface area contributed by atoms with Gasteiger partial charge in [0.2, 0.25) is 0 Å². The highest BCUT2D eigenvalue weighted by Gasteiger charge is 2.36. The molecule has 0 aromatic carbocycles. The Morgan fingerprint density at radius 1 is 1.28 bits per heavy atom. The molecule has 1 heterocycles. The Morgan fingerprint density at radius 3 is 2.33 bits per heavy atom. The standard InChI is InChI=1S/C14H29NO3/c1-5-14(6-2,11-17)10-15-7-12(8-16)18-13(3,4)9-15/h12,16-17H,5-11H2,1-4H3. The van der Waals surface area contributed by atoms with Crippen LogP contribution in [0.15, 0.2) is 0 Å². The summed E-state index contributed by atoms with van der Waals surface area (Å²) < 4.78 is 5.81. The van der Waals surface area contributed by atoms with Crippen LogP contribution in [0.25, 0.3) is 0 Å². The van der Waals surface area contributed by atoms with Crippen molar-refractivity contribution in [3.63, 3.8) is 0 Å². The average Bonchev–Trinajstić information content (AvgIpc) is 2.34. The molecule has 1 fully saturated rings. The smallest absolute Gasteiger partial charge is 0.0940 e. The van der Waals surface area contributed by atoms with E-state index in [1.165, 1.54) is 0 Å². The fourth-order valence-corrected chi connectivity index (χ4v) is 2.85. The van der Waals surface area contributed by atoms with E-state index in [9.17, 15) is 10.2 Å². The Labute approximate surface area is 111 Å². The molecule has 1 aliphatic rings. The Balaban J connectivity index is 2.70. The molecule has 108 valence electrons. The van der Waals surface area contributed by atoms with Gasteiger partial charge in [-0.15, -0.1) is 0 Å². The minimum Gasteiger partial charge on any atom is -0.396 e. The maximum absolute atomic E-state index is 9.65. The molecule has 4 heteroatoms. The van der Waals surface area contributed by atoms with Crippen LogP contribution in [-0.4, -0.2) is 59.7 Å². The van der Waals surface area contributed by atoms with Gasteiger partial charge in [0.15, 0.2) is 0 Å². The average molecular weight is 259 g/mol. The van der Waals surface area contributed by atoms with Crippen LogP contribution in [0, 0.1) is 5.41 Å². The molecule has 0 saturated carbocycles. The summed E-state index contributed by atoms with van der Waals surface area (Å²) in [6, 6.07) is 0. The molecule has 0 bridgehead atoms. The molecule has 1 rings (SSSR count). The molecular weight excluding hydrogens is 230 g/mol. The van der Waals surface area contributed by atoms with E-state index in [1.54, 1.807) is 0 Å². The molecule has 0 aliphatic carbocycles. The number of rotatable bonds is 6. The zero-order valence-corrected chi connectivity index (χ0v) is 12.3. The van der Waals surface area contributed by atoms with E-state index in [2.05, 4.69) is 32.6 Å². The summed E-state index contributed by atoms with van der Waals surface area (Å²) in [5, 5.41) is 19.0. The van der Waals surface area contributed by atoms with Crippen molar-refractivity contribution in [2.45, 2.75) is 52.2 Å². The van der Waals surface area contributed by atoms with Crippen LogP contribution in [0.3, 0.4) is 0 Å². The van der Waals surface area contributed by atoms with E-state index in [0.29, 0.717) is 0 Å². The molecule has 1 aliphatic heterocycles. The Morgan fingerprint density at radius 2 is 1.89 bits per heavy atom. The number of morpholine rings is 1. The van der Waals surface area contributed by atoms with E-state index in [0.717, 1.165) is 32.5 Å². The summed E-state index contributed by atoms with van der Waals surface area (Å²) in [5.74, 6) is 0. The summed E-state index contributed by atoms with van der Waals surface area (Å²) in [7, 11) is 0. The minimum atomic E-state index is -0.228. The van der Waals surface area contributed by atoms with Gasteiger partial charge in [0.05, 0.1) is 18.3 Å². The lowest BCUT2D eigenvalue weighted by molar-refractivity contribution is -0.156. The maximum Gasteiger partial charge on any atom is 0.0940 e. The van der Waals surface area contributed by atoms with Crippen molar-refractivity contribution in [2.24, 2.45) is 5.41 Å². The summed E-state index contributed by atoms with van der Waals surface area (Å²) in [4.78, 5) is 2.33. The van der Waals surface area contributed by atoms with Crippen molar-refractivity contribution < 1.29 is 14.9 Å². The second-order valence-corrected chi connectivity index (χ2v) is 6.22. The first kappa shape index (κ1) is 15.9. The third-order valence-corrected chi connectivity index (χ3v) is 4.15. The van der Waals surface area contributed by atoms with E-state index < -0.39 is 0 Å². The van der Waals surface area contributed by atoms with Gasteiger partial charge in [0.1, 0.15) is 0 Å². The molecule has 0 aromatic heterocycles. The van der Waals surface area contributed by atoms with Gasteiger partial charge in [-0.05, 0) is 26.7 Å². The fraction of sp³-hybridized carbons (Fsp3) is 1.00. The highest BCUT2D eigenvalue weighted by Crippen LogP contribution is 2.30. The Hall–Kier alpha value is -0.160. The van der Waals surface area contributed by atoms with Gasteiger partial charge in [-0.2, -0.15) is 0 Å². The zero-order chi connectivity index (χ0) is 13.8. The second kappa shape index (κ2) is 6.33. The predicted octanol–water partition coefficient (Wildman–Crippen LogP) is 1.26. The fourth-order valence-electron chi connectivity index (χ4n) is 2.85. The molecule has 1 saturated heterocycles. The first-order valence-corrected chi connectivity index (χ1v) is 7.02. The van der Waals surface area contributed by atoms with Crippen LogP contribution in [-0.2, 0) is 4.74 Å². The lowest BCUT2D eigenvalue weighted by atomic mass is 9.82. The lowest BCUT2D eigenvalue weighted by Gasteiger charge is -2.45. The molecule has 1 unspecified atom stereocenters. The van der Waals surface area contributed by atoms with Gasteiger partial charge in [-0.3, -0.25) is 4.90 Å². The highest BCUT2D eigenvalue weighted by atomic mass is 16.5. The number of hydrogen-bond acceptors (Lipinski definition) is 4. The van der Waals surface area contributed by atoms with Crippen molar-refractivity contribution in [1.82, 2.24) is 4.90 Å². The van der Waals surface area contributed by atoms with Crippen LogP contribution in [0.2, 0.25) is 0 Å². The Kier molecular flexibility index (Phi) is 5.59. The number of aliphatic hydroxyl groups excluding tert-OH is 2. The SMILES string of the molecule is CCC(CC)(CO)CN1CC(CO)OC(C)(C)C1. The van der Waals surface area contributed by atoms with Gasteiger partial charge >= 0.3 is 0 Å². The van der Waals surface area contributed by atoms with Crippen molar-refractivity contribution >= 4 is 0 Å². The van der Waals surface area contributed by atoms with E-state index >= 15 is 0 Å². The topological polar surface area (TPSA) is 52.9 Å². The first-order chi connectivity index (χ1) is 8.40. The van der Waals surface area contributed by atoms with Crippen LogP contribution in [0.4, 0.5) is 0 Å². The molecule has 18 heavy (non-hydrogen) atoms. The molecule has 0 amide bonds. The second-order valence-electron chi connectivity index (χ2n) is 6.22. The zero-order valence-electron chi connectivity index (χ0n) is 12.3. The van der Waals surface area contributed by atoms with E-state index in [4.69, 9.17) is 4.74 Å². The van der Waals surface area contributed by atoms with E-state index in [-0.39, 0.29) is 30.3 Å². The monoisotopic (exact) mass is 259 g/mol. The van der Waals surface area contributed by atoms with Gasteiger partial charge < -0.3 is 14.9 Å². The number of nitrogens with zero attached hydrogens (tertiary/aromatic N) is 1. The van der Waals surface area contributed by atoms with Crippen LogP contribution in [0.1, 0.15) is 40.5 Å². The molecule has 0 spiro atoms. The van der Waals surface area contributed by atoms with Crippen molar-refractivity contribution in [2.75, 3.05) is 32.8 Å². The summed E-state index contributed by atoms with van der Waals surface area (Å²) >= 11 is 0. The van der Waals surface area contributed by atoms with Gasteiger partial charge in [0, 0.05) is 31.7 Å². The predicted molar refractivity (Wildman–Crippen MR) is 72.6 cm³/mol. The van der Waals surface area contributed by atoms with Gasteiger partial charge in [-0.1, -0.05) is 13.8 Å². The summed E-state index contributed by atoms with van der Waals surface area (Å²) in [5.41, 5.74) is -0.248. The Bertz CT molecular complexity index is 243. The third kappa shape index (κ3) is 3.92. The quantitative estimate of drug-likeness (QED) is 0.754. The third-order valence-electron chi connectivity index (χ3n) is 4.15.